The van der Waals surface area contributed by atoms with Crippen molar-refractivity contribution in [1.82, 2.24) is 16.0 Å². The number of rotatable bonds is 5. The molecule has 5 nitrogen and oxygen atoms in total. The Bertz CT molecular complexity index is 466. The third-order valence-electron chi connectivity index (χ3n) is 5.62. The Labute approximate surface area is 149 Å². The maximum atomic E-state index is 12.8. The van der Waals surface area contributed by atoms with E-state index in [-0.39, 0.29) is 17.5 Å². The lowest BCUT2D eigenvalue weighted by Gasteiger charge is -2.37. The highest BCUT2D eigenvalue weighted by molar-refractivity contribution is 7.85. The molecule has 3 aliphatic rings. The Hall–Kier alpha value is -0.220. The van der Waals surface area contributed by atoms with Crippen LogP contribution in [0.3, 0.4) is 0 Å². The largest absolute Gasteiger partial charge is 0.411 e. The Morgan fingerprint density at radius 1 is 1.12 bits per heavy atom. The minimum absolute atomic E-state index is 0.0981. The minimum Gasteiger partial charge on any atom is -0.368 e. The summed E-state index contributed by atoms with van der Waals surface area (Å²) >= 11 is 0. The molecular weight excluding hydrogens is 355 g/mol. The molecule has 0 radical (unpaired) electrons. The fraction of sp³-hybridized carbons (Fsp3) is 1.00. The maximum absolute atomic E-state index is 12.8. The van der Waals surface area contributed by atoms with Crippen LogP contribution in [0.2, 0.25) is 0 Å². The molecule has 0 amide bonds. The van der Waals surface area contributed by atoms with E-state index < -0.39 is 29.7 Å². The molecule has 2 saturated heterocycles. The Morgan fingerprint density at radius 3 is 2.36 bits per heavy atom. The van der Waals surface area contributed by atoms with Gasteiger partial charge in [0.15, 0.2) is 0 Å². The van der Waals surface area contributed by atoms with E-state index >= 15 is 0 Å². The summed E-state index contributed by atoms with van der Waals surface area (Å²) in [6, 6.07) is 0.684. The molecule has 1 aliphatic carbocycles. The first-order valence-electron chi connectivity index (χ1n) is 9.14. The predicted octanol–water partition coefficient (Wildman–Crippen LogP) is 1.47. The quantitative estimate of drug-likeness (QED) is 0.671. The van der Waals surface area contributed by atoms with Crippen LogP contribution < -0.4 is 16.0 Å². The number of fused-ring (bicyclic) bond motifs is 1. The van der Waals surface area contributed by atoms with Gasteiger partial charge in [-0.15, -0.1) is 0 Å². The molecule has 0 aromatic rings. The third-order valence-corrected chi connectivity index (χ3v) is 7.11. The highest BCUT2D eigenvalue weighted by atomic mass is 32.2. The molecule has 25 heavy (non-hydrogen) atoms. The van der Waals surface area contributed by atoms with Crippen molar-refractivity contribution in [2.45, 2.75) is 74.9 Å². The molecule has 6 unspecified atom stereocenters. The van der Waals surface area contributed by atoms with Gasteiger partial charge in [-0.1, -0.05) is 19.8 Å². The van der Waals surface area contributed by atoms with Crippen LogP contribution in [0.1, 0.15) is 39.0 Å². The molecule has 9 heteroatoms. The van der Waals surface area contributed by atoms with E-state index in [9.17, 15) is 17.4 Å². The van der Waals surface area contributed by atoms with Crippen molar-refractivity contribution < 1.29 is 22.1 Å². The van der Waals surface area contributed by atoms with Gasteiger partial charge in [0.25, 0.3) is 0 Å². The monoisotopic (exact) mass is 383 g/mol. The van der Waals surface area contributed by atoms with E-state index in [0.29, 0.717) is 30.8 Å². The van der Waals surface area contributed by atoms with Gasteiger partial charge in [0, 0.05) is 23.9 Å². The Balaban J connectivity index is 1.50. The number of piperidine rings is 1. The lowest BCUT2D eigenvalue weighted by Crippen LogP contribution is -2.53. The summed E-state index contributed by atoms with van der Waals surface area (Å²) in [6.07, 6.45) is 0.412. The van der Waals surface area contributed by atoms with Crippen LogP contribution in [0.15, 0.2) is 0 Å². The van der Waals surface area contributed by atoms with Gasteiger partial charge in [-0.2, -0.15) is 13.2 Å². The first kappa shape index (κ1) is 19.5. The molecular formula is C16H28F3N3O2S. The zero-order valence-electron chi connectivity index (χ0n) is 14.5. The van der Waals surface area contributed by atoms with Crippen LogP contribution in [0.4, 0.5) is 13.2 Å². The second kappa shape index (κ2) is 8.21. The minimum atomic E-state index is -4.31. The third kappa shape index (κ3) is 5.15. The number of nitrogens with one attached hydrogen (secondary N) is 3. The summed E-state index contributed by atoms with van der Waals surface area (Å²) in [5, 5.41) is 10.2. The highest BCUT2D eigenvalue weighted by Crippen LogP contribution is 2.26. The van der Waals surface area contributed by atoms with Gasteiger partial charge in [0.2, 0.25) is 0 Å². The topological polar surface area (TPSA) is 62.4 Å². The van der Waals surface area contributed by atoms with Crippen LogP contribution in [-0.4, -0.2) is 59.0 Å². The van der Waals surface area contributed by atoms with Crippen molar-refractivity contribution >= 4 is 10.8 Å². The van der Waals surface area contributed by atoms with Gasteiger partial charge in [-0.3, -0.25) is 14.8 Å². The van der Waals surface area contributed by atoms with Crippen molar-refractivity contribution in [2.75, 3.05) is 18.9 Å². The summed E-state index contributed by atoms with van der Waals surface area (Å²) in [5.41, 5.74) is -0.224. The van der Waals surface area contributed by atoms with Crippen LogP contribution >= 0.6 is 0 Å². The molecule has 3 N–H and O–H groups in total. The van der Waals surface area contributed by atoms with Crippen molar-refractivity contribution in [1.29, 1.82) is 0 Å². The normalized spacial score (nSPS) is 40.6. The molecule has 0 aromatic carbocycles. The lowest BCUT2D eigenvalue weighted by atomic mass is 9.91. The molecule has 1 saturated carbocycles. The van der Waals surface area contributed by atoms with E-state index in [2.05, 4.69) is 16.0 Å². The molecule has 0 aromatic heterocycles. The van der Waals surface area contributed by atoms with E-state index in [1.165, 1.54) is 12.8 Å². The summed E-state index contributed by atoms with van der Waals surface area (Å²) in [4.78, 5) is 0. The van der Waals surface area contributed by atoms with Gasteiger partial charge < -0.3 is 10.1 Å². The molecule has 6 atom stereocenters. The summed E-state index contributed by atoms with van der Waals surface area (Å²) in [6.45, 7) is 1.25. The van der Waals surface area contributed by atoms with Crippen LogP contribution in [0, 0.1) is 5.92 Å². The van der Waals surface area contributed by atoms with Crippen molar-refractivity contribution in [3.63, 3.8) is 0 Å². The van der Waals surface area contributed by atoms with Gasteiger partial charge in [0.05, 0.1) is 16.9 Å². The van der Waals surface area contributed by atoms with Gasteiger partial charge in [-0.05, 0) is 31.7 Å². The summed E-state index contributed by atoms with van der Waals surface area (Å²) in [7, 11) is -1.13. The van der Waals surface area contributed by atoms with Crippen LogP contribution in [0.5, 0.6) is 0 Å². The van der Waals surface area contributed by atoms with Gasteiger partial charge in [-0.25, -0.2) is 0 Å². The standard InChI is InChI=1S/C16H28F3N3O2S/c1-10-13(20-7-6-14(10)24-9-16(17,18)19)8-25(23)15-21-11-4-2-3-5-12(11)22-15/h10-15,20-22H,2-9H2,1H3. The van der Waals surface area contributed by atoms with Crippen LogP contribution in [-0.2, 0) is 15.5 Å². The van der Waals surface area contributed by atoms with E-state index in [1.807, 2.05) is 6.92 Å². The van der Waals surface area contributed by atoms with Crippen molar-refractivity contribution in [2.24, 2.45) is 5.92 Å². The second-order valence-electron chi connectivity index (χ2n) is 7.43. The van der Waals surface area contributed by atoms with E-state index in [4.69, 9.17) is 4.74 Å². The molecule has 2 aliphatic heterocycles. The molecule has 2 heterocycles. The van der Waals surface area contributed by atoms with Crippen molar-refractivity contribution in [3.05, 3.63) is 0 Å². The first-order chi connectivity index (χ1) is 11.8. The van der Waals surface area contributed by atoms with Gasteiger partial charge >= 0.3 is 6.18 Å². The fourth-order valence-electron chi connectivity index (χ4n) is 4.16. The van der Waals surface area contributed by atoms with Crippen LogP contribution in [0.25, 0.3) is 0 Å². The SMILES string of the molecule is CC1C(CS(=O)C2NC3CCCCC3N2)NCCC1OCC(F)(F)F. The summed E-state index contributed by atoms with van der Waals surface area (Å²) < 4.78 is 55.0. The number of halogens is 3. The molecule has 3 rings (SSSR count). The molecule has 3 fully saturated rings. The number of alkyl halides is 3. The molecule has 0 bridgehead atoms. The fourth-order valence-corrected chi connectivity index (χ4v) is 5.78. The van der Waals surface area contributed by atoms with Gasteiger partial charge in [0.1, 0.15) is 12.1 Å². The first-order valence-corrected chi connectivity index (χ1v) is 10.5. The highest BCUT2D eigenvalue weighted by Gasteiger charge is 2.40. The Kier molecular flexibility index (Phi) is 6.41. The average Bonchev–Trinajstić information content (AvgIpc) is 2.99. The number of hydrogen-bond donors (Lipinski definition) is 3. The number of ether oxygens (including phenoxy) is 1. The smallest absolute Gasteiger partial charge is 0.368 e. The average molecular weight is 383 g/mol. The maximum Gasteiger partial charge on any atom is 0.411 e. The zero-order chi connectivity index (χ0) is 18.0. The Morgan fingerprint density at radius 2 is 1.76 bits per heavy atom. The van der Waals surface area contributed by atoms with E-state index in [0.717, 1.165) is 12.8 Å². The van der Waals surface area contributed by atoms with E-state index in [1.54, 1.807) is 0 Å². The molecule has 0 spiro atoms. The van der Waals surface area contributed by atoms with Crippen molar-refractivity contribution in [3.8, 4) is 0 Å². The second-order valence-corrected chi connectivity index (χ2v) is 9.00. The predicted molar refractivity (Wildman–Crippen MR) is 90.5 cm³/mol. The zero-order valence-corrected chi connectivity index (χ0v) is 15.3. The molecule has 146 valence electrons. The summed E-state index contributed by atoms with van der Waals surface area (Å²) in [5.74, 6) is 0.306. The number of hydrogen-bond acceptors (Lipinski definition) is 5. The lowest BCUT2D eigenvalue weighted by molar-refractivity contribution is -0.193.